The van der Waals surface area contributed by atoms with E-state index in [2.05, 4.69) is 30.8 Å². The lowest BCUT2D eigenvalue weighted by molar-refractivity contribution is 0.115. The van der Waals surface area contributed by atoms with E-state index >= 15 is 0 Å². The minimum absolute atomic E-state index is 0.256. The molecule has 2 aromatic rings. The molecular weight excluding hydrogens is 318 g/mol. The minimum Gasteiger partial charge on any atom is -0.393 e. The van der Waals surface area contributed by atoms with E-state index < -0.39 is 0 Å². The summed E-state index contributed by atoms with van der Waals surface area (Å²) < 4.78 is 0.940. The van der Waals surface area contributed by atoms with Crippen LogP contribution in [0.5, 0.6) is 0 Å². The van der Waals surface area contributed by atoms with Crippen LogP contribution in [0.4, 0.5) is 5.69 Å². The Morgan fingerprint density at radius 1 is 1.45 bits per heavy atom. The third-order valence-corrected chi connectivity index (χ3v) is 4.44. The van der Waals surface area contributed by atoms with Gasteiger partial charge in [0.1, 0.15) is 5.52 Å². The molecule has 0 spiro atoms. The van der Waals surface area contributed by atoms with Gasteiger partial charge in [-0.25, -0.2) is 0 Å². The summed E-state index contributed by atoms with van der Waals surface area (Å²) in [5.41, 5.74) is 2.95. The largest absolute Gasteiger partial charge is 0.393 e. The fourth-order valence-corrected chi connectivity index (χ4v) is 3.19. The highest BCUT2D eigenvalue weighted by atomic mass is 79.9. The first-order valence-corrected chi connectivity index (χ1v) is 7.78. The second kappa shape index (κ2) is 5.66. The second-order valence-electron chi connectivity index (χ2n) is 5.44. The Bertz CT molecular complexity index is 617. The van der Waals surface area contributed by atoms with Gasteiger partial charge >= 0.3 is 0 Å². The first-order valence-electron chi connectivity index (χ1n) is 6.98. The van der Waals surface area contributed by atoms with Crippen molar-refractivity contribution in [1.29, 1.82) is 0 Å². The molecule has 0 aliphatic carbocycles. The number of piperidine rings is 1. The van der Waals surface area contributed by atoms with Crippen LogP contribution >= 0.6 is 15.9 Å². The van der Waals surface area contributed by atoms with E-state index in [4.69, 9.17) is 0 Å². The van der Waals surface area contributed by atoms with Crippen molar-refractivity contribution in [2.75, 3.05) is 18.0 Å². The molecule has 0 amide bonds. The minimum atomic E-state index is -0.256. The molecule has 2 atom stereocenters. The maximum absolute atomic E-state index is 9.83. The Labute approximate surface area is 127 Å². The number of aliphatic hydroxyl groups is 1. The zero-order valence-electron chi connectivity index (χ0n) is 11.5. The zero-order chi connectivity index (χ0) is 14.1. The van der Waals surface area contributed by atoms with Crippen LogP contribution in [0.1, 0.15) is 19.8 Å². The number of pyridine rings is 2. The van der Waals surface area contributed by atoms with Gasteiger partial charge in [-0.05, 0) is 47.8 Å². The second-order valence-corrected chi connectivity index (χ2v) is 6.36. The van der Waals surface area contributed by atoms with Crippen LogP contribution in [0.15, 0.2) is 29.0 Å². The van der Waals surface area contributed by atoms with Crippen molar-refractivity contribution in [2.24, 2.45) is 5.92 Å². The summed E-state index contributed by atoms with van der Waals surface area (Å²) in [6.07, 6.45) is 5.58. The molecule has 4 nitrogen and oxygen atoms in total. The van der Waals surface area contributed by atoms with Gasteiger partial charge in [0.25, 0.3) is 0 Å². The van der Waals surface area contributed by atoms with Crippen molar-refractivity contribution in [3.8, 4) is 0 Å². The van der Waals surface area contributed by atoms with Crippen LogP contribution in [0, 0.1) is 5.92 Å². The number of hydrogen-bond acceptors (Lipinski definition) is 4. The van der Waals surface area contributed by atoms with Crippen LogP contribution in [-0.2, 0) is 0 Å². The molecule has 0 bridgehead atoms. The maximum Gasteiger partial charge on any atom is 0.112 e. The number of rotatable bonds is 2. The van der Waals surface area contributed by atoms with E-state index in [-0.39, 0.29) is 6.10 Å². The number of aliphatic hydroxyl groups excluding tert-OH is 1. The van der Waals surface area contributed by atoms with Crippen LogP contribution in [-0.4, -0.2) is 34.3 Å². The van der Waals surface area contributed by atoms with E-state index in [0.29, 0.717) is 5.92 Å². The van der Waals surface area contributed by atoms with Gasteiger partial charge < -0.3 is 10.0 Å². The molecule has 0 aromatic carbocycles. The number of nitrogens with zero attached hydrogens (tertiary/aromatic N) is 3. The fourth-order valence-electron chi connectivity index (χ4n) is 2.87. The average molecular weight is 336 g/mol. The van der Waals surface area contributed by atoms with Gasteiger partial charge in [-0.15, -0.1) is 0 Å². The number of fused-ring (bicyclic) bond motifs is 1. The Morgan fingerprint density at radius 2 is 2.30 bits per heavy atom. The molecule has 3 rings (SSSR count). The Hall–Kier alpha value is -1.20. The van der Waals surface area contributed by atoms with Gasteiger partial charge in [-0.3, -0.25) is 9.97 Å². The van der Waals surface area contributed by atoms with Gasteiger partial charge in [0, 0.05) is 35.9 Å². The maximum atomic E-state index is 9.83. The molecule has 1 N–H and O–H groups in total. The Morgan fingerprint density at radius 3 is 3.10 bits per heavy atom. The molecular formula is C15H18BrN3O. The Kier molecular flexibility index (Phi) is 3.89. The number of halogens is 1. The third-order valence-electron chi connectivity index (χ3n) is 4.00. The van der Waals surface area contributed by atoms with Gasteiger partial charge in [0.15, 0.2) is 0 Å². The summed E-state index contributed by atoms with van der Waals surface area (Å²) >= 11 is 3.43. The van der Waals surface area contributed by atoms with E-state index in [0.717, 1.165) is 47.1 Å². The van der Waals surface area contributed by atoms with E-state index in [9.17, 15) is 5.11 Å². The van der Waals surface area contributed by atoms with Crippen LogP contribution in [0.25, 0.3) is 11.0 Å². The highest BCUT2D eigenvalue weighted by Gasteiger charge is 2.24. The van der Waals surface area contributed by atoms with Crippen molar-refractivity contribution in [1.82, 2.24) is 9.97 Å². The third kappa shape index (κ3) is 2.65. The highest BCUT2D eigenvalue weighted by molar-refractivity contribution is 9.10. The van der Waals surface area contributed by atoms with Gasteiger partial charge in [-0.1, -0.05) is 0 Å². The molecule has 3 heterocycles. The van der Waals surface area contributed by atoms with Crippen LogP contribution in [0.3, 0.4) is 0 Å². The summed E-state index contributed by atoms with van der Waals surface area (Å²) in [5, 5.41) is 9.83. The van der Waals surface area contributed by atoms with Crippen LogP contribution < -0.4 is 4.90 Å². The van der Waals surface area contributed by atoms with E-state index in [1.807, 2.05) is 31.5 Å². The predicted molar refractivity (Wildman–Crippen MR) is 83.9 cm³/mol. The summed E-state index contributed by atoms with van der Waals surface area (Å²) in [5.74, 6) is 0.336. The molecule has 2 aromatic heterocycles. The van der Waals surface area contributed by atoms with Crippen molar-refractivity contribution in [3.63, 3.8) is 0 Å². The van der Waals surface area contributed by atoms with Gasteiger partial charge in [0.2, 0.25) is 0 Å². The summed E-state index contributed by atoms with van der Waals surface area (Å²) in [6, 6.07) is 4.01. The van der Waals surface area contributed by atoms with Crippen molar-refractivity contribution in [2.45, 2.75) is 25.9 Å². The van der Waals surface area contributed by atoms with Gasteiger partial charge in [-0.2, -0.15) is 0 Å². The van der Waals surface area contributed by atoms with Crippen molar-refractivity contribution < 1.29 is 5.11 Å². The molecule has 20 heavy (non-hydrogen) atoms. The Balaban J connectivity index is 1.97. The summed E-state index contributed by atoms with van der Waals surface area (Å²) in [4.78, 5) is 11.2. The monoisotopic (exact) mass is 335 g/mol. The molecule has 1 saturated heterocycles. The molecule has 1 fully saturated rings. The fraction of sp³-hybridized carbons (Fsp3) is 0.467. The van der Waals surface area contributed by atoms with E-state index in [1.54, 1.807) is 0 Å². The SMILES string of the molecule is CC(O)C1CCCN(c2ccnc3cc(Br)cnc23)C1. The number of aromatic nitrogens is 2. The van der Waals surface area contributed by atoms with E-state index in [1.165, 1.54) is 0 Å². The molecule has 5 heteroatoms. The molecule has 0 saturated carbocycles. The molecule has 1 aliphatic heterocycles. The quantitative estimate of drug-likeness (QED) is 0.916. The smallest absolute Gasteiger partial charge is 0.112 e. The lowest BCUT2D eigenvalue weighted by Gasteiger charge is -2.35. The summed E-state index contributed by atoms with van der Waals surface area (Å²) in [6.45, 7) is 3.78. The molecule has 0 radical (unpaired) electrons. The lowest BCUT2D eigenvalue weighted by atomic mass is 9.93. The number of hydrogen-bond donors (Lipinski definition) is 1. The summed E-state index contributed by atoms with van der Waals surface area (Å²) in [7, 11) is 0. The normalized spacial score (nSPS) is 21.1. The molecule has 106 valence electrons. The predicted octanol–water partition coefficient (Wildman–Crippen LogP) is 2.99. The lowest BCUT2D eigenvalue weighted by Crippen LogP contribution is -2.39. The average Bonchev–Trinajstić information content (AvgIpc) is 2.46. The topological polar surface area (TPSA) is 49.2 Å². The molecule has 1 aliphatic rings. The highest BCUT2D eigenvalue weighted by Crippen LogP contribution is 2.30. The van der Waals surface area contributed by atoms with Crippen molar-refractivity contribution >= 4 is 32.7 Å². The molecule has 2 unspecified atom stereocenters. The number of anilines is 1. The zero-order valence-corrected chi connectivity index (χ0v) is 13.0. The first kappa shape index (κ1) is 13.8. The standard InChI is InChI=1S/C15H18BrN3O/c1-10(20)11-3-2-6-19(9-11)14-4-5-17-13-7-12(16)8-18-15(13)14/h4-5,7-8,10-11,20H,2-3,6,9H2,1H3. The van der Waals surface area contributed by atoms with Crippen LogP contribution in [0.2, 0.25) is 0 Å². The first-order chi connectivity index (χ1) is 9.65. The van der Waals surface area contributed by atoms with Crippen molar-refractivity contribution in [3.05, 3.63) is 29.0 Å². The van der Waals surface area contributed by atoms with Gasteiger partial charge in [0.05, 0.1) is 17.3 Å².